The van der Waals surface area contributed by atoms with Crippen molar-refractivity contribution >= 4 is 11.6 Å². The molecular weight excluding hydrogens is 393 g/mol. The standard InChI is InChI=1S/C18H15F3N4O4/c19-18(20,21)29-13-7-3-11(4-8-13)22-15(26)10-24-17(27)25(12-5-6-12)16(23-24)14-2-1-9-28-14/h1-4,7-9,12H,5-6,10H2,(H,22,26). The van der Waals surface area contributed by atoms with E-state index in [1.165, 1.54) is 23.0 Å². The van der Waals surface area contributed by atoms with Gasteiger partial charge in [0.1, 0.15) is 12.3 Å². The number of aromatic nitrogens is 3. The van der Waals surface area contributed by atoms with Gasteiger partial charge in [0, 0.05) is 11.7 Å². The van der Waals surface area contributed by atoms with Crippen LogP contribution in [0.1, 0.15) is 18.9 Å². The number of hydrogen-bond donors (Lipinski definition) is 1. The molecule has 1 fully saturated rings. The summed E-state index contributed by atoms with van der Waals surface area (Å²) in [4.78, 5) is 24.9. The molecule has 3 aromatic rings. The van der Waals surface area contributed by atoms with Crippen molar-refractivity contribution < 1.29 is 27.1 Å². The second kappa shape index (κ2) is 7.15. The summed E-state index contributed by atoms with van der Waals surface area (Å²) in [5.41, 5.74) is -0.173. The zero-order chi connectivity index (χ0) is 20.6. The van der Waals surface area contributed by atoms with E-state index in [1.54, 1.807) is 12.1 Å². The summed E-state index contributed by atoms with van der Waals surface area (Å²) < 4.78 is 48.2. The minimum absolute atomic E-state index is 0.0283. The van der Waals surface area contributed by atoms with Crippen molar-refractivity contribution in [2.45, 2.75) is 31.8 Å². The maximum Gasteiger partial charge on any atom is 0.573 e. The molecular formula is C18H15F3N4O4. The summed E-state index contributed by atoms with van der Waals surface area (Å²) in [6.07, 6.45) is -1.64. The molecule has 1 aromatic carbocycles. The molecule has 29 heavy (non-hydrogen) atoms. The van der Waals surface area contributed by atoms with Crippen molar-refractivity contribution in [1.82, 2.24) is 14.3 Å². The SMILES string of the molecule is O=C(Cn1nc(-c2ccco2)n(C2CC2)c1=O)Nc1ccc(OC(F)(F)F)cc1. The molecule has 2 aromatic heterocycles. The van der Waals surface area contributed by atoms with Crippen LogP contribution in [0.15, 0.2) is 51.9 Å². The Labute approximate surface area is 161 Å². The number of carbonyl (C=O) groups is 1. The van der Waals surface area contributed by atoms with Crippen LogP contribution in [0.5, 0.6) is 5.75 Å². The van der Waals surface area contributed by atoms with E-state index in [0.717, 1.165) is 29.7 Å². The van der Waals surface area contributed by atoms with Crippen LogP contribution in [0.2, 0.25) is 0 Å². The van der Waals surface area contributed by atoms with Crippen LogP contribution >= 0.6 is 0 Å². The molecule has 11 heteroatoms. The molecule has 0 radical (unpaired) electrons. The Morgan fingerprint density at radius 3 is 2.55 bits per heavy atom. The van der Waals surface area contributed by atoms with Gasteiger partial charge in [-0.2, -0.15) is 0 Å². The highest BCUT2D eigenvalue weighted by Crippen LogP contribution is 2.36. The van der Waals surface area contributed by atoms with Crippen LogP contribution in [0.25, 0.3) is 11.6 Å². The predicted octanol–water partition coefficient (Wildman–Crippen LogP) is 3.18. The molecule has 152 valence electrons. The van der Waals surface area contributed by atoms with E-state index in [4.69, 9.17) is 4.42 Å². The third-order valence-corrected chi connectivity index (χ3v) is 4.19. The largest absolute Gasteiger partial charge is 0.573 e. The predicted molar refractivity (Wildman–Crippen MR) is 94.2 cm³/mol. The molecule has 0 aliphatic heterocycles. The molecule has 1 N–H and O–H groups in total. The van der Waals surface area contributed by atoms with Crippen molar-refractivity contribution in [3.63, 3.8) is 0 Å². The Morgan fingerprint density at radius 1 is 1.24 bits per heavy atom. The number of carbonyl (C=O) groups excluding carboxylic acids is 1. The maximum atomic E-state index is 12.7. The van der Waals surface area contributed by atoms with Gasteiger partial charge in [-0.15, -0.1) is 18.3 Å². The molecule has 1 aliphatic carbocycles. The minimum Gasteiger partial charge on any atom is -0.461 e. The molecule has 8 nitrogen and oxygen atoms in total. The van der Waals surface area contributed by atoms with Gasteiger partial charge in [-0.3, -0.25) is 9.36 Å². The van der Waals surface area contributed by atoms with Crippen LogP contribution in [0.3, 0.4) is 0 Å². The quantitative estimate of drug-likeness (QED) is 0.677. The van der Waals surface area contributed by atoms with E-state index in [0.29, 0.717) is 11.6 Å². The third kappa shape index (κ3) is 4.33. The monoisotopic (exact) mass is 408 g/mol. The average Bonchev–Trinajstić information content (AvgIpc) is 3.22. The van der Waals surface area contributed by atoms with Gasteiger partial charge in [-0.25, -0.2) is 9.48 Å². The van der Waals surface area contributed by atoms with E-state index in [2.05, 4.69) is 15.2 Å². The van der Waals surface area contributed by atoms with Crippen LogP contribution in [0, 0.1) is 0 Å². The Bertz CT molecular complexity index is 1060. The number of anilines is 1. The van der Waals surface area contributed by atoms with E-state index >= 15 is 0 Å². The van der Waals surface area contributed by atoms with E-state index in [1.807, 2.05) is 0 Å². The molecule has 1 saturated carbocycles. The van der Waals surface area contributed by atoms with Gasteiger partial charge in [0.25, 0.3) is 0 Å². The van der Waals surface area contributed by atoms with E-state index in [-0.39, 0.29) is 18.3 Å². The highest BCUT2D eigenvalue weighted by molar-refractivity contribution is 5.90. The van der Waals surface area contributed by atoms with Crippen molar-refractivity contribution in [1.29, 1.82) is 0 Å². The average molecular weight is 408 g/mol. The third-order valence-electron chi connectivity index (χ3n) is 4.19. The lowest BCUT2D eigenvalue weighted by Gasteiger charge is -2.09. The summed E-state index contributed by atoms with van der Waals surface area (Å²) in [7, 11) is 0. The van der Waals surface area contributed by atoms with Crippen molar-refractivity contribution in [3.8, 4) is 17.3 Å². The van der Waals surface area contributed by atoms with Crippen LogP contribution in [-0.4, -0.2) is 26.6 Å². The Kier molecular flexibility index (Phi) is 4.65. The number of hydrogen-bond acceptors (Lipinski definition) is 5. The Balaban J connectivity index is 1.48. The van der Waals surface area contributed by atoms with Crippen LogP contribution < -0.4 is 15.7 Å². The zero-order valence-electron chi connectivity index (χ0n) is 14.8. The van der Waals surface area contributed by atoms with Crippen LogP contribution in [-0.2, 0) is 11.3 Å². The molecule has 2 heterocycles. The topological polar surface area (TPSA) is 91.3 Å². The fourth-order valence-electron chi connectivity index (χ4n) is 2.84. The fourth-order valence-corrected chi connectivity index (χ4v) is 2.84. The number of halogens is 3. The van der Waals surface area contributed by atoms with Gasteiger partial charge in [0.05, 0.1) is 6.26 Å². The van der Waals surface area contributed by atoms with Gasteiger partial charge in [-0.05, 0) is 49.2 Å². The number of furan rings is 1. The lowest BCUT2D eigenvalue weighted by Crippen LogP contribution is -2.30. The normalized spacial score (nSPS) is 14.0. The van der Waals surface area contributed by atoms with Crippen molar-refractivity contribution in [2.24, 2.45) is 0 Å². The lowest BCUT2D eigenvalue weighted by atomic mass is 10.3. The van der Waals surface area contributed by atoms with Crippen molar-refractivity contribution in [2.75, 3.05) is 5.32 Å². The molecule has 1 amide bonds. The van der Waals surface area contributed by atoms with Gasteiger partial charge in [-0.1, -0.05) is 0 Å². The molecule has 0 saturated heterocycles. The van der Waals surface area contributed by atoms with Gasteiger partial charge >= 0.3 is 12.1 Å². The molecule has 0 atom stereocenters. The molecule has 4 rings (SSSR count). The number of nitrogens with one attached hydrogen (secondary N) is 1. The lowest BCUT2D eigenvalue weighted by molar-refractivity contribution is -0.274. The van der Waals surface area contributed by atoms with Crippen LogP contribution in [0.4, 0.5) is 18.9 Å². The Morgan fingerprint density at radius 2 is 1.97 bits per heavy atom. The van der Waals surface area contributed by atoms with Gasteiger partial charge < -0.3 is 14.5 Å². The second-order valence-electron chi connectivity index (χ2n) is 6.46. The second-order valence-corrected chi connectivity index (χ2v) is 6.46. The molecule has 0 unspecified atom stereocenters. The summed E-state index contributed by atoms with van der Waals surface area (Å²) in [6.45, 7) is -0.354. The number of nitrogens with zero attached hydrogens (tertiary/aromatic N) is 3. The number of alkyl halides is 3. The van der Waals surface area contributed by atoms with E-state index < -0.39 is 23.7 Å². The first-order valence-electron chi connectivity index (χ1n) is 8.69. The van der Waals surface area contributed by atoms with E-state index in [9.17, 15) is 22.8 Å². The fraction of sp³-hybridized carbons (Fsp3) is 0.278. The zero-order valence-corrected chi connectivity index (χ0v) is 14.8. The number of amides is 1. The first-order valence-corrected chi connectivity index (χ1v) is 8.69. The maximum absolute atomic E-state index is 12.7. The minimum atomic E-state index is -4.79. The number of rotatable bonds is 6. The van der Waals surface area contributed by atoms with Crippen molar-refractivity contribution in [3.05, 3.63) is 53.1 Å². The smallest absolute Gasteiger partial charge is 0.461 e. The summed E-state index contributed by atoms with van der Waals surface area (Å²) in [5, 5.41) is 6.72. The molecule has 0 spiro atoms. The summed E-state index contributed by atoms with van der Waals surface area (Å²) >= 11 is 0. The Hall–Kier alpha value is -3.50. The summed E-state index contributed by atoms with van der Waals surface area (Å²) in [5.74, 6) is -0.182. The first-order chi connectivity index (χ1) is 13.8. The molecule has 1 aliphatic rings. The highest BCUT2D eigenvalue weighted by atomic mass is 19.4. The number of benzene rings is 1. The summed E-state index contributed by atoms with van der Waals surface area (Å²) in [6, 6.07) is 8.06. The first kappa shape index (κ1) is 18.8. The van der Waals surface area contributed by atoms with Gasteiger partial charge in [0.2, 0.25) is 11.7 Å². The number of ether oxygens (including phenoxy) is 1. The highest BCUT2D eigenvalue weighted by Gasteiger charge is 2.32. The molecule has 0 bridgehead atoms. The van der Waals surface area contributed by atoms with Gasteiger partial charge in [0.15, 0.2) is 5.76 Å².